The first-order valence-corrected chi connectivity index (χ1v) is 17.0. The molecule has 234 valence electrons. The van der Waals surface area contributed by atoms with Crippen LogP contribution in [0, 0.1) is 58.7 Å². The number of nitrogens with zero attached hydrogens (tertiary/aromatic N) is 1. The van der Waals surface area contributed by atoms with E-state index in [0.717, 1.165) is 60.8 Å². The van der Waals surface area contributed by atoms with Gasteiger partial charge in [0, 0.05) is 19.1 Å². The predicted molar refractivity (Wildman–Crippen MR) is 152 cm³/mol. The van der Waals surface area contributed by atoms with Crippen molar-refractivity contribution < 1.29 is 35.0 Å². The molecule has 0 bridgehead atoms. The molecule has 3 aliphatic heterocycles. The summed E-state index contributed by atoms with van der Waals surface area (Å²) in [7, 11) is 0. The number of fused-ring (bicyclic) bond motifs is 8. The molecule has 8 heteroatoms. The van der Waals surface area contributed by atoms with E-state index in [2.05, 4.69) is 25.7 Å². The number of hydrogen-bond donors (Lipinski definition) is 5. The van der Waals surface area contributed by atoms with Gasteiger partial charge in [0.15, 0.2) is 6.29 Å². The molecule has 0 aromatic heterocycles. The Morgan fingerprint density at radius 3 is 2.34 bits per heavy atom. The van der Waals surface area contributed by atoms with Crippen LogP contribution in [-0.4, -0.2) is 99.1 Å². The fourth-order valence-electron chi connectivity index (χ4n) is 12.1. The largest absolute Gasteiger partial charge is 0.394 e. The van der Waals surface area contributed by atoms with E-state index < -0.39 is 37.3 Å². The van der Waals surface area contributed by atoms with Gasteiger partial charge >= 0.3 is 0 Å². The van der Waals surface area contributed by atoms with Crippen LogP contribution in [0.25, 0.3) is 0 Å². The Morgan fingerprint density at radius 1 is 0.780 bits per heavy atom. The molecule has 4 saturated carbocycles. The quantitative estimate of drug-likeness (QED) is 0.324. The van der Waals surface area contributed by atoms with Crippen molar-refractivity contribution in [3.8, 4) is 0 Å². The molecule has 8 nitrogen and oxygen atoms in total. The summed E-state index contributed by atoms with van der Waals surface area (Å²) in [5.74, 6) is 6.23. The molecule has 3 saturated heterocycles. The zero-order valence-electron chi connectivity index (χ0n) is 25.3. The number of piperidine rings is 2. The van der Waals surface area contributed by atoms with Gasteiger partial charge in [0.05, 0.1) is 18.8 Å². The fraction of sp³-hybridized carbons (Fsp3) is 1.00. The molecule has 7 fully saturated rings. The fourth-order valence-corrected chi connectivity index (χ4v) is 12.1. The Hall–Kier alpha value is -0.320. The molecule has 7 aliphatic rings. The standard InChI is InChI=1S/C33H55NO7/c1-16-4-7-26-17(2)19-5-6-20-21(23(19)14-34(26)13-16)11-24-22(20)12-27(36)25-10-18(8-9-33(24,25)3)40-32-31(39)30(38)29(37)28(15-35)41-32/h16-32,35-39H,4-15H2,1-3H3/t16-,17+,18?,19+,20+,21+,22-,23+,24-,25-,26-,27?,28+,29+,30-,31+,32+,33+/m0/s1. The Bertz CT molecular complexity index is 949. The first-order valence-electron chi connectivity index (χ1n) is 17.0. The van der Waals surface area contributed by atoms with Crippen LogP contribution in [0.2, 0.25) is 0 Å². The molecule has 0 spiro atoms. The van der Waals surface area contributed by atoms with E-state index in [9.17, 15) is 25.5 Å². The number of rotatable bonds is 3. The summed E-state index contributed by atoms with van der Waals surface area (Å²) in [6.07, 6.45) is 3.39. The zero-order valence-corrected chi connectivity index (χ0v) is 25.3. The van der Waals surface area contributed by atoms with Crippen LogP contribution in [0.3, 0.4) is 0 Å². The van der Waals surface area contributed by atoms with Crippen molar-refractivity contribution in [1.82, 2.24) is 4.90 Å². The second-order valence-corrected chi connectivity index (χ2v) is 15.9. The molecule has 5 N–H and O–H groups in total. The Labute approximate surface area is 245 Å². The highest BCUT2D eigenvalue weighted by Gasteiger charge is 2.63. The molecule has 4 aliphatic carbocycles. The van der Waals surface area contributed by atoms with Crippen LogP contribution in [0.15, 0.2) is 0 Å². The lowest BCUT2D eigenvalue weighted by atomic mass is 9.51. The second-order valence-electron chi connectivity index (χ2n) is 15.9. The van der Waals surface area contributed by atoms with Gasteiger partial charge in [-0.2, -0.15) is 0 Å². The van der Waals surface area contributed by atoms with Crippen molar-refractivity contribution in [2.24, 2.45) is 58.7 Å². The van der Waals surface area contributed by atoms with Crippen molar-refractivity contribution in [3.05, 3.63) is 0 Å². The van der Waals surface area contributed by atoms with Crippen molar-refractivity contribution in [1.29, 1.82) is 0 Å². The monoisotopic (exact) mass is 577 g/mol. The molecule has 2 unspecified atom stereocenters. The maximum Gasteiger partial charge on any atom is 0.186 e. The molecule has 3 heterocycles. The van der Waals surface area contributed by atoms with Gasteiger partial charge in [-0.15, -0.1) is 0 Å². The third-order valence-corrected chi connectivity index (χ3v) is 14.1. The maximum absolute atomic E-state index is 11.6. The van der Waals surface area contributed by atoms with Crippen molar-refractivity contribution in [3.63, 3.8) is 0 Å². The van der Waals surface area contributed by atoms with Gasteiger partial charge in [-0.05, 0) is 116 Å². The van der Waals surface area contributed by atoms with Gasteiger partial charge in [-0.25, -0.2) is 0 Å². The molecule has 0 amide bonds. The summed E-state index contributed by atoms with van der Waals surface area (Å²) in [5.41, 5.74) is 0.0763. The minimum absolute atomic E-state index is 0.0763. The normalized spacial score (nSPS) is 59.0. The highest BCUT2D eigenvalue weighted by molar-refractivity contribution is 5.12. The molecule has 0 aromatic rings. The smallest absolute Gasteiger partial charge is 0.186 e. The summed E-state index contributed by atoms with van der Waals surface area (Å²) in [5, 5.41) is 52.1. The number of hydrogen-bond acceptors (Lipinski definition) is 8. The van der Waals surface area contributed by atoms with E-state index in [1.54, 1.807) is 0 Å². The molecule has 7 rings (SSSR count). The maximum atomic E-state index is 11.6. The highest BCUT2D eigenvalue weighted by Crippen LogP contribution is 2.67. The summed E-state index contributed by atoms with van der Waals surface area (Å²) in [4.78, 5) is 2.88. The van der Waals surface area contributed by atoms with Crippen molar-refractivity contribution in [2.45, 2.75) is 128 Å². The van der Waals surface area contributed by atoms with Gasteiger partial charge in [0.2, 0.25) is 0 Å². The average molecular weight is 578 g/mol. The van der Waals surface area contributed by atoms with E-state index in [1.807, 2.05) is 0 Å². The molecular weight excluding hydrogens is 522 g/mol. The topological polar surface area (TPSA) is 123 Å². The molecule has 0 radical (unpaired) electrons. The SMILES string of the molecule is C[C@H]1CC[C@H]2[C@H](C)[C@H]3CC[C@@H]4[C@@H](C[C@H]5[C@H]4CC(O)[C@@H]4CC(O[C@@H]6O[C@H](CO)[C@@H](O)[C@H](O)[C@H]6O)CC[C@@]45C)[C@@H]3CN2C1. The Kier molecular flexibility index (Phi) is 7.84. The predicted octanol–water partition coefficient (Wildman–Crippen LogP) is 2.39. The van der Waals surface area contributed by atoms with E-state index >= 15 is 0 Å². The Morgan fingerprint density at radius 2 is 1.56 bits per heavy atom. The van der Waals surface area contributed by atoms with E-state index in [4.69, 9.17) is 9.47 Å². The van der Waals surface area contributed by atoms with Gasteiger partial charge < -0.3 is 35.0 Å². The summed E-state index contributed by atoms with van der Waals surface area (Å²) in [6.45, 7) is 9.55. The van der Waals surface area contributed by atoms with E-state index in [1.165, 1.54) is 45.2 Å². The summed E-state index contributed by atoms with van der Waals surface area (Å²) in [6, 6.07) is 0.787. The Balaban J connectivity index is 1.06. The lowest BCUT2D eigenvalue weighted by Gasteiger charge is -2.57. The minimum atomic E-state index is -1.43. The van der Waals surface area contributed by atoms with Crippen LogP contribution >= 0.6 is 0 Å². The molecule has 41 heavy (non-hydrogen) atoms. The van der Waals surface area contributed by atoms with Crippen LogP contribution in [-0.2, 0) is 9.47 Å². The third-order valence-electron chi connectivity index (χ3n) is 14.1. The minimum Gasteiger partial charge on any atom is -0.394 e. The van der Waals surface area contributed by atoms with Crippen molar-refractivity contribution >= 4 is 0 Å². The zero-order chi connectivity index (χ0) is 28.8. The lowest BCUT2D eigenvalue weighted by Crippen LogP contribution is -2.60. The average Bonchev–Trinajstić information content (AvgIpc) is 3.34. The summed E-state index contributed by atoms with van der Waals surface area (Å²) >= 11 is 0. The first-order chi connectivity index (χ1) is 19.6. The van der Waals surface area contributed by atoms with E-state index in [-0.39, 0.29) is 23.5 Å². The summed E-state index contributed by atoms with van der Waals surface area (Å²) < 4.78 is 11.9. The van der Waals surface area contributed by atoms with E-state index in [0.29, 0.717) is 18.3 Å². The van der Waals surface area contributed by atoms with Crippen LogP contribution in [0.5, 0.6) is 0 Å². The number of ether oxygens (including phenoxy) is 2. The van der Waals surface area contributed by atoms with Gasteiger partial charge in [0.25, 0.3) is 0 Å². The number of aliphatic hydroxyl groups excluding tert-OH is 5. The second kappa shape index (κ2) is 10.9. The van der Waals surface area contributed by atoms with Crippen LogP contribution < -0.4 is 0 Å². The van der Waals surface area contributed by atoms with Gasteiger partial charge in [-0.1, -0.05) is 20.8 Å². The van der Waals surface area contributed by atoms with Crippen LogP contribution in [0.1, 0.15) is 78.6 Å². The van der Waals surface area contributed by atoms with Gasteiger partial charge in [0.1, 0.15) is 24.4 Å². The number of aliphatic hydroxyl groups is 5. The molecule has 0 aromatic carbocycles. The molecule has 18 atom stereocenters. The third kappa shape index (κ3) is 4.68. The first kappa shape index (κ1) is 29.4. The lowest BCUT2D eigenvalue weighted by molar-refractivity contribution is -0.317. The highest BCUT2D eigenvalue weighted by atomic mass is 16.7. The van der Waals surface area contributed by atoms with Crippen molar-refractivity contribution in [2.75, 3.05) is 19.7 Å². The van der Waals surface area contributed by atoms with Crippen LogP contribution in [0.4, 0.5) is 0 Å². The van der Waals surface area contributed by atoms with Gasteiger partial charge in [-0.3, -0.25) is 4.90 Å². The molecular formula is C33H55NO7.